The van der Waals surface area contributed by atoms with Crippen molar-refractivity contribution in [1.82, 2.24) is 4.98 Å². The molecular weight excluding hydrogens is 263 g/mol. The number of aromatic nitrogens is 1. The lowest BCUT2D eigenvalue weighted by Gasteiger charge is -2.04. The first kappa shape index (κ1) is 12.3. The van der Waals surface area contributed by atoms with E-state index in [1.54, 1.807) is 0 Å². The third-order valence-electron chi connectivity index (χ3n) is 2.00. The van der Waals surface area contributed by atoms with E-state index >= 15 is 0 Å². The summed E-state index contributed by atoms with van der Waals surface area (Å²) in [6.07, 6.45) is 0. The molecule has 2 aromatic rings. The Morgan fingerprint density at radius 3 is 2.56 bits per heavy atom. The Kier molecular flexibility index (Phi) is 3.38. The molecule has 2 rings (SSSR count). The van der Waals surface area contributed by atoms with Gasteiger partial charge in [0.05, 0.1) is 17.1 Å². The van der Waals surface area contributed by atoms with Gasteiger partial charge in [-0.05, 0) is 24.3 Å². The average Bonchev–Trinajstić information content (AvgIpc) is 2.31. The Bertz CT molecular complexity index is 589. The van der Waals surface area contributed by atoms with Gasteiger partial charge in [-0.25, -0.2) is 9.37 Å². The Hall–Kier alpha value is -2.21. The highest BCUT2D eigenvalue weighted by molar-refractivity contribution is 6.29. The number of hydrogen-bond donors (Lipinski definition) is 0. The van der Waals surface area contributed by atoms with Gasteiger partial charge >= 0.3 is 0 Å². The van der Waals surface area contributed by atoms with E-state index in [1.807, 2.05) is 0 Å². The third kappa shape index (κ3) is 2.92. The highest BCUT2D eigenvalue weighted by Crippen LogP contribution is 2.26. The quantitative estimate of drug-likeness (QED) is 0.485. The minimum absolute atomic E-state index is 0.0270. The van der Waals surface area contributed by atoms with Crippen molar-refractivity contribution in [2.75, 3.05) is 0 Å². The molecule has 1 aromatic carbocycles. The molecule has 0 saturated heterocycles. The van der Waals surface area contributed by atoms with Gasteiger partial charge in [0.25, 0.3) is 5.69 Å². The minimum atomic E-state index is -0.606. The lowest BCUT2D eigenvalue weighted by atomic mass is 10.3. The van der Waals surface area contributed by atoms with Crippen LogP contribution in [0.25, 0.3) is 0 Å². The van der Waals surface area contributed by atoms with Gasteiger partial charge < -0.3 is 4.74 Å². The van der Waals surface area contributed by atoms with Crippen molar-refractivity contribution in [3.8, 4) is 11.6 Å². The van der Waals surface area contributed by atoms with Crippen LogP contribution < -0.4 is 4.74 Å². The summed E-state index contributed by atoms with van der Waals surface area (Å²) in [5, 5.41) is 10.6. The summed E-state index contributed by atoms with van der Waals surface area (Å²) in [6, 6.07) is 7.41. The topological polar surface area (TPSA) is 65.3 Å². The molecule has 92 valence electrons. The maximum absolute atomic E-state index is 12.7. The summed E-state index contributed by atoms with van der Waals surface area (Å²) < 4.78 is 17.9. The molecule has 0 saturated carbocycles. The fourth-order valence-electron chi connectivity index (χ4n) is 1.24. The first-order chi connectivity index (χ1) is 8.54. The van der Waals surface area contributed by atoms with Gasteiger partial charge in [-0.15, -0.1) is 0 Å². The zero-order valence-corrected chi connectivity index (χ0v) is 9.60. The van der Waals surface area contributed by atoms with Crippen LogP contribution in [0.2, 0.25) is 5.15 Å². The van der Waals surface area contributed by atoms with Crippen LogP contribution >= 0.6 is 11.6 Å². The molecule has 0 fully saturated rings. The summed E-state index contributed by atoms with van der Waals surface area (Å²) in [7, 11) is 0. The van der Waals surface area contributed by atoms with Gasteiger partial charge in [-0.3, -0.25) is 10.1 Å². The number of nitrogens with zero attached hydrogens (tertiary/aromatic N) is 2. The Balaban J connectivity index is 2.28. The van der Waals surface area contributed by atoms with Gasteiger partial charge in [-0.1, -0.05) is 11.6 Å². The SMILES string of the molecule is O=[N+]([O-])c1cc(Cl)nc(Oc2ccc(F)cc2)c1. The van der Waals surface area contributed by atoms with Gasteiger partial charge in [0.2, 0.25) is 5.88 Å². The third-order valence-corrected chi connectivity index (χ3v) is 2.20. The van der Waals surface area contributed by atoms with Gasteiger partial charge in [0, 0.05) is 0 Å². The summed E-state index contributed by atoms with van der Waals surface area (Å²) >= 11 is 5.63. The van der Waals surface area contributed by atoms with Crippen LogP contribution in [-0.4, -0.2) is 9.91 Å². The number of pyridine rings is 1. The molecule has 0 radical (unpaired) electrons. The fourth-order valence-corrected chi connectivity index (χ4v) is 1.44. The van der Waals surface area contributed by atoms with E-state index in [0.29, 0.717) is 5.75 Å². The molecule has 5 nitrogen and oxygen atoms in total. The highest BCUT2D eigenvalue weighted by atomic mass is 35.5. The van der Waals surface area contributed by atoms with E-state index in [1.165, 1.54) is 24.3 Å². The molecule has 0 aliphatic carbocycles. The molecule has 0 aliphatic rings. The summed E-state index contributed by atoms with van der Waals surface area (Å²) in [5.74, 6) is -0.131. The van der Waals surface area contributed by atoms with Crippen LogP contribution in [0.15, 0.2) is 36.4 Å². The van der Waals surface area contributed by atoms with Gasteiger partial charge in [0.1, 0.15) is 16.7 Å². The number of halogens is 2. The molecule has 0 atom stereocenters. The number of nitro groups is 1. The molecule has 0 spiro atoms. The number of rotatable bonds is 3. The molecule has 0 amide bonds. The van der Waals surface area contributed by atoms with Crippen molar-refractivity contribution in [1.29, 1.82) is 0 Å². The van der Waals surface area contributed by atoms with E-state index in [4.69, 9.17) is 16.3 Å². The maximum atomic E-state index is 12.7. The van der Waals surface area contributed by atoms with Crippen LogP contribution in [0.3, 0.4) is 0 Å². The van der Waals surface area contributed by atoms with Crippen LogP contribution in [0.5, 0.6) is 11.6 Å². The Morgan fingerprint density at radius 1 is 1.28 bits per heavy atom. The van der Waals surface area contributed by atoms with E-state index in [-0.39, 0.29) is 16.7 Å². The zero-order valence-electron chi connectivity index (χ0n) is 8.84. The predicted octanol–water partition coefficient (Wildman–Crippen LogP) is 3.57. The second-order valence-electron chi connectivity index (χ2n) is 3.30. The molecule has 0 bridgehead atoms. The molecule has 0 N–H and O–H groups in total. The summed E-state index contributed by atoms with van der Waals surface area (Å²) in [5.41, 5.74) is -0.230. The number of benzene rings is 1. The zero-order chi connectivity index (χ0) is 13.1. The first-order valence-corrected chi connectivity index (χ1v) is 5.18. The van der Waals surface area contributed by atoms with Crippen molar-refractivity contribution in [3.05, 3.63) is 57.5 Å². The Labute approximate surface area is 106 Å². The molecule has 18 heavy (non-hydrogen) atoms. The first-order valence-electron chi connectivity index (χ1n) is 4.80. The van der Waals surface area contributed by atoms with Crippen molar-refractivity contribution >= 4 is 17.3 Å². The largest absolute Gasteiger partial charge is 0.439 e. The van der Waals surface area contributed by atoms with E-state index in [2.05, 4.69) is 4.98 Å². The number of ether oxygens (including phenoxy) is 1. The lowest BCUT2D eigenvalue weighted by Crippen LogP contribution is -1.93. The van der Waals surface area contributed by atoms with Crippen LogP contribution in [0, 0.1) is 15.9 Å². The van der Waals surface area contributed by atoms with Gasteiger partial charge in [0.15, 0.2) is 0 Å². The average molecular weight is 269 g/mol. The monoisotopic (exact) mass is 268 g/mol. The number of hydrogen-bond acceptors (Lipinski definition) is 4. The summed E-state index contributed by atoms with van der Waals surface area (Å²) in [4.78, 5) is 13.8. The van der Waals surface area contributed by atoms with Crippen LogP contribution in [-0.2, 0) is 0 Å². The fraction of sp³-hybridized carbons (Fsp3) is 0. The second-order valence-corrected chi connectivity index (χ2v) is 3.69. The minimum Gasteiger partial charge on any atom is -0.439 e. The Morgan fingerprint density at radius 2 is 1.94 bits per heavy atom. The van der Waals surface area contributed by atoms with Crippen LogP contribution in [0.1, 0.15) is 0 Å². The van der Waals surface area contributed by atoms with E-state index < -0.39 is 10.7 Å². The molecule has 1 heterocycles. The van der Waals surface area contributed by atoms with Crippen molar-refractivity contribution in [2.45, 2.75) is 0 Å². The second kappa shape index (κ2) is 4.97. The molecule has 1 aromatic heterocycles. The van der Waals surface area contributed by atoms with Crippen LogP contribution in [0.4, 0.5) is 10.1 Å². The van der Waals surface area contributed by atoms with Crippen molar-refractivity contribution in [3.63, 3.8) is 0 Å². The normalized spacial score (nSPS) is 10.1. The molecule has 0 unspecified atom stereocenters. The standard InChI is InChI=1S/C11H6ClFN2O3/c12-10-5-8(15(16)17)6-11(14-10)18-9-3-1-7(13)2-4-9/h1-6H. The molecule has 7 heteroatoms. The molecular formula is C11H6ClFN2O3. The van der Waals surface area contributed by atoms with E-state index in [9.17, 15) is 14.5 Å². The highest BCUT2D eigenvalue weighted by Gasteiger charge is 2.11. The van der Waals surface area contributed by atoms with Crippen molar-refractivity contribution in [2.24, 2.45) is 0 Å². The van der Waals surface area contributed by atoms with E-state index in [0.717, 1.165) is 12.1 Å². The molecule has 0 aliphatic heterocycles. The lowest BCUT2D eigenvalue weighted by molar-refractivity contribution is -0.385. The van der Waals surface area contributed by atoms with Gasteiger partial charge in [-0.2, -0.15) is 0 Å². The smallest absolute Gasteiger partial charge is 0.277 e. The maximum Gasteiger partial charge on any atom is 0.277 e. The van der Waals surface area contributed by atoms with Crippen molar-refractivity contribution < 1.29 is 14.1 Å². The predicted molar refractivity (Wildman–Crippen MR) is 62.4 cm³/mol. The summed E-state index contributed by atoms with van der Waals surface area (Å²) in [6.45, 7) is 0.